The van der Waals surface area contributed by atoms with Crippen LogP contribution in [0.1, 0.15) is 23.2 Å². The topological polar surface area (TPSA) is 118 Å². The summed E-state index contributed by atoms with van der Waals surface area (Å²) in [5.74, 6) is -0.901. The highest BCUT2D eigenvalue weighted by Gasteiger charge is 2.18. The van der Waals surface area contributed by atoms with E-state index in [2.05, 4.69) is 10.0 Å². The normalized spacial score (nSPS) is 11.1. The highest BCUT2D eigenvalue weighted by molar-refractivity contribution is 7.89. The van der Waals surface area contributed by atoms with Crippen LogP contribution >= 0.6 is 11.6 Å². The van der Waals surface area contributed by atoms with Gasteiger partial charge in [0.25, 0.3) is 5.91 Å². The van der Waals surface area contributed by atoms with Crippen LogP contribution in [0.4, 0.5) is 0 Å². The summed E-state index contributed by atoms with van der Waals surface area (Å²) in [6, 6.07) is 3.95. The number of carbonyl (C=O) groups is 2. The van der Waals surface area contributed by atoms with Crippen LogP contribution in [0.2, 0.25) is 5.02 Å². The number of hydrogen-bond donors (Lipinski definition) is 3. The maximum absolute atomic E-state index is 11.9. The fourth-order valence-electron chi connectivity index (χ4n) is 1.53. The molecule has 0 spiro atoms. The molecule has 0 saturated heterocycles. The Kier molecular flexibility index (Phi) is 6.13. The van der Waals surface area contributed by atoms with E-state index in [1.54, 1.807) is 0 Å². The minimum absolute atomic E-state index is 0.0228. The Balaban J connectivity index is 2.83. The fraction of sp³-hybridized carbons (Fsp3) is 0.333. The van der Waals surface area contributed by atoms with Crippen LogP contribution in [0.3, 0.4) is 0 Å². The zero-order valence-corrected chi connectivity index (χ0v) is 12.9. The minimum Gasteiger partial charge on any atom is -0.370 e. The standard InChI is InChI=1S/C12H16ClN3O4S/c1-15-21(19,20)10-7-8(4-5-9(10)13)12(18)16-6-2-3-11(14)17/h4-5,7,15H,2-3,6H2,1H3,(H2,14,17)(H,16,18). The lowest BCUT2D eigenvalue weighted by molar-refractivity contribution is -0.118. The van der Waals surface area contributed by atoms with E-state index in [4.69, 9.17) is 17.3 Å². The Morgan fingerprint density at radius 1 is 1.33 bits per heavy atom. The Bertz CT molecular complexity index is 646. The van der Waals surface area contributed by atoms with Gasteiger partial charge in [-0.1, -0.05) is 11.6 Å². The van der Waals surface area contributed by atoms with E-state index in [1.165, 1.54) is 25.2 Å². The molecule has 0 aliphatic carbocycles. The van der Waals surface area contributed by atoms with Crippen molar-refractivity contribution in [3.8, 4) is 0 Å². The van der Waals surface area contributed by atoms with E-state index < -0.39 is 21.8 Å². The summed E-state index contributed by atoms with van der Waals surface area (Å²) < 4.78 is 25.6. The predicted octanol–water partition coefficient (Wildman–Crippen LogP) is 0.243. The molecule has 2 amide bonds. The van der Waals surface area contributed by atoms with Gasteiger partial charge in [0.05, 0.1) is 5.02 Å². The minimum atomic E-state index is -3.74. The highest BCUT2D eigenvalue weighted by atomic mass is 35.5. The summed E-state index contributed by atoms with van der Waals surface area (Å²) in [6.45, 7) is 0.262. The highest BCUT2D eigenvalue weighted by Crippen LogP contribution is 2.22. The van der Waals surface area contributed by atoms with E-state index in [0.29, 0.717) is 6.42 Å². The molecule has 21 heavy (non-hydrogen) atoms. The van der Waals surface area contributed by atoms with Crippen molar-refractivity contribution in [1.82, 2.24) is 10.0 Å². The number of nitrogens with one attached hydrogen (secondary N) is 2. The molecule has 1 rings (SSSR count). The largest absolute Gasteiger partial charge is 0.370 e. The number of benzene rings is 1. The average molecular weight is 334 g/mol. The zero-order valence-electron chi connectivity index (χ0n) is 11.3. The van der Waals surface area contributed by atoms with Gasteiger partial charge in [-0.2, -0.15) is 0 Å². The van der Waals surface area contributed by atoms with Crippen molar-refractivity contribution in [1.29, 1.82) is 0 Å². The summed E-state index contributed by atoms with van der Waals surface area (Å²) in [5, 5.41) is 2.59. The second-order valence-electron chi connectivity index (χ2n) is 4.18. The smallest absolute Gasteiger partial charge is 0.251 e. The van der Waals surface area contributed by atoms with E-state index in [1.807, 2.05) is 0 Å². The second kappa shape index (κ2) is 7.39. The number of hydrogen-bond acceptors (Lipinski definition) is 4. The molecular formula is C12H16ClN3O4S. The molecule has 4 N–H and O–H groups in total. The van der Waals surface area contributed by atoms with Gasteiger partial charge in [0.2, 0.25) is 15.9 Å². The van der Waals surface area contributed by atoms with Crippen LogP contribution in [0.5, 0.6) is 0 Å². The van der Waals surface area contributed by atoms with Crippen molar-refractivity contribution in [3.05, 3.63) is 28.8 Å². The van der Waals surface area contributed by atoms with Crippen molar-refractivity contribution in [2.24, 2.45) is 5.73 Å². The molecule has 1 aromatic carbocycles. The molecule has 0 fully saturated rings. The first-order valence-corrected chi connectivity index (χ1v) is 7.93. The zero-order chi connectivity index (χ0) is 16.0. The molecule has 0 heterocycles. The van der Waals surface area contributed by atoms with E-state index in [0.717, 1.165) is 0 Å². The fourth-order valence-corrected chi connectivity index (χ4v) is 2.78. The summed E-state index contributed by atoms with van der Waals surface area (Å²) in [6.07, 6.45) is 0.580. The van der Waals surface area contributed by atoms with Gasteiger partial charge < -0.3 is 11.1 Å². The van der Waals surface area contributed by atoms with Crippen molar-refractivity contribution in [2.45, 2.75) is 17.7 Å². The molecule has 0 bridgehead atoms. The average Bonchev–Trinajstić information content (AvgIpc) is 2.43. The quantitative estimate of drug-likeness (QED) is 0.619. The number of halogens is 1. The first-order valence-electron chi connectivity index (χ1n) is 6.07. The van der Waals surface area contributed by atoms with Gasteiger partial charge >= 0.3 is 0 Å². The lowest BCUT2D eigenvalue weighted by Crippen LogP contribution is -2.26. The molecule has 1 aromatic rings. The maximum atomic E-state index is 11.9. The van der Waals surface area contributed by atoms with Gasteiger partial charge in [-0.25, -0.2) is 13.1 Å². The Hall–Kier alpha value is -1.64. The molecule has 7 nitrogen and oxygen atoms in total. The Labute approximate surface area is 127 Å². The van der Waals surface area contributed by atoms with Gasteiger partial charge in [-0.3, -0.25) is 9.59 Å². The number of rotatable bonds is 7. The molecule has 0 atom stereocenters. The van der Waals surface area contributed by atoms with Crippen molar-refractivity contribution in [3.63, 3.8) is 0 Å². The maximum Gasteiger partial charge on any atom is 0.251 e. The van der Waals surface area contributed by atoms with Gasteiger partial charge in [0, 0.05) is 18.5 Å². The van der Waals surface area contributed by atoms with Crippen molar-refractivity contribution in [2.75, 3.05) is 13.6 Å². The van der Waals surface area contributed by atoms with Crippen molar-refractivity contribution < 1.29 is 18.0 Å². The number of amides is 2. The van der Waals surface area contributed by atoms with Gasteiger partial charge in [-0.05, 0) is 31.7 Å². The lowest BCUT2D eigenvalue weighted by atomic mass is 10.2. The van der Waals surface area contributed by atoms with E-state index in [9.17, 15) is 18.0 Å². The third-order valence-electron chi connectivity index (χ3n) is 2.64. The van der Waals surface area contributed by atoms with Crippen LogP contribution in [-0.4, -0.2) is 33.8 Å². The molecule has 0 aliphatic rings. The third-order valence-corrected chi connectivity index (χ3v) is 4.53. The van der Waals surface area contributed by atoms with Gasteiger partial charge in [0.1, 0.15) is 4.90 Å². The van der Waals surface area contributed by atoms with Gasteiger partial charge in [-0.15, -0.1) is 0 Å². The molecule has 116 valence electrons. The number of sulfonamides is 1. The molecule has 0 unspecified atom stereocenters. The molecule has 0 saturated carbocycles. The van der Waals surface area contributed by atoms with Crippen molar-refractivity contribution >= 4 is 33.4 Å². The summed E-state index contributed by atoms with van der Waals surface area (Å²) in [5.41, 5.74) is 5.14. The van der Waals surface area contributed by atoms with Gasteiger partial charge in [0.15, 0.2) is 0 Å². The SMILES string of the molecule is CNS(=O)(=O)c1cc(C(=O)NCCCC(N)=O)ccc1Cl. The van der Waals surface area contributed by atoms with Crippen LogP contribution < -0.4 is 15.8 Å². The predicted molar refractivity (Wildman–Crippen MR) is 78.5 cm³/mol. The molecule has 0 aliphatic heterocycles. The molecular weight excluding hydrogens is 318 g/mol. The summed E-state index contributed by atoms with van der Waals surface area (Å²) in [4.78, 5) is 22.3. The van der Waals surface area contributed by atoms with E-state index in [-0.39, 0.29) is 28.4 Å². The monoisotopic (exact) mass is 333 g/mol. The second-order valence-corrected chi connectivity index (χ2v) is 6.44. The third kappa shape index (κ3) is 5.00. The lowest BCUT2D eigenvalue weighted by Gasteiger charge is -2.08. The van der Waals surface area contributed by atoms with E-state index >= 15 is 0 Å². The number of carbonyl (C=O) groups excluding carboxylic acids is 2. The number of primary amides is 1. The Morgan fingerprint density at radius 3 is 2.57 bits per heavy atom. The first kappa shape index (κ1) is 17.4. The van der Waals surface area contributed by atoms with Crippen LogP contribution in [-0.2, 0) is 14.8 Å². The molecule has 9 heteroatoms. The summed E-state index contributed by atoms with van der Waals surface area (Å²) in [7, 11) is -2.49. The summed E-state index contributed by atoms with van der Waals surface area (Å²) >= 11 is 5.82. The molecule has 0 radical (unpaired) electrons. The van der Waals surface area contributed by atoms with Crippen LogP contribution in [0.25, 0.3) is 0 Å². The van der Waals surface area contributed by atoms with Crippen LogP contribution in [0, 0.1) is 0 Å². The van der Waals surface area contributed by atoms with Crippen LogP contribution in [0.15, 0.2) is 23.1 Å². The Morgan fingerprint density at radius 2 is 2.00 bits per heavy atom. The number of nitrogens with two attached hydrogens (primary N) is 1. The first-order chi connectivity index (χ1) is 9.77. The molecule has 0 aromatic heterocycles.